The largest absolute Gasteiger partial charge is 0.464 e. The Kier molecular flexibility index (Phi) is 9.98. The van der Waals surface area contributed by atoms with Crippen LogP contribution in [0.4, 0.5) is 0 Å². The Labute approximate surface area is 280 Å². The average Bonchev–Trinajstić information content (AvgIpc) is 3.46. The van der Waals surface area contributed by atoms with Crippen LogP contribution in [0.1, 0.15) is 46.6 Å². The zero-order chi connectivity index (χ0) is 32.6. The van der Waals surface area contributed by atoms with Crippen molar-refractivity contribution in [2.24, 2.45) is 5.92 Å². The molecule has 0 radical (unpaired) electrons. The number of ketones is 1. The second-order valence-corrected chi connectivity index (χ2v) is 12.9. The van der Waals surface area contributed by atoms with E-state index in [2.05, 4.69) is 66.0 Å². The van der Waals surface area contributed by atoms with E-state index in [9.17, 15) is 14.4 Å². The van der Waals surface area contributed by atoms with E-state index in [1.54, 1.807) is 18.8 Å². The van der Waals surface area contributed by atoms with Gasteiger partial charge in [0.25, 0.3) is 0 Å². The number of carbonyl (C=O) groups excluding carboxylic acids is 3. The second-order valence-electron chi connectivity index (χ2n) is 11.6. The molecule has 0 saturated heterocycles. The van der Waals surface area contributed by atoms with Crippen molar-refractivity contribution >= 4 is 29.4 Å². The zero-order valence-corrected chi connectivity index (χ0v) is 27.1. The Morgan fingerprint density at radius 2 is 1.11 bits per heavy atom. The Morgan fingerprint density at radius 1 is 0.660 bits per heavy atom. The van der Waals surface area contributed by atoms with Crippen LogP contribution in [-0.2, 0) is 23.9 Å². The van der Waals surface area contributed by atoms with E-state index in [0.717, 1.165) is 38.9 Å². The Hall–Kier alpha value is -4.94. The minimum Gasteiger partial charge on any atom is -0.464 e. The number of hydrogen-bond donors (Lipinski definition) is 1. The lowest BCUT2D eigenvalue weighted by Crippen LogP contribution is -2.34. The number of fused-ring (bicyclic) bond motifs is 3. The van der Waals surface area contributed by atoms with Gasteiger partial charge in [-0.15, -0.1) is 11.8 Å². The van der Waals surface area contributed by atoms with E-state index in [0.29, 0.717) is 0 Å². The second kappa shape index (κ2) is 14.7. The lowest BCUT2D eigenvalue weighted by atomic mass is 9.84. The molecule has 0 unspecified atom stereocenters. The molecule has 5 aromatic carbocycles. The van der Waals surface area contributed by atoms with Crippen LogP contribution in [-0.4, -0.2) is 37.1 Å². The number of nitrogens with one attached hydrogen (secondary N) is 1. The highest BCUT2D eigenvalue weighted by atomic mass is 32.2. The van der Waals surface area contributed by atoms with Crippen molar-refractivity contribution in [3.05, 3.63) is 167 Å². The average molecular weight is 640 g/mol. The number of amides is 1. The molecule has 5 aromatic rings. The molecule has 0 bridgehead atoms. The molecule has 0 fully saturated rings. The molecule has 0 saturated carbocycles. The number of carbonyl (C=O) groups is 3. The fraction of sp³-hybridized carbons (Fsp3) is 0.195. The number of esters is 1. The summed E-state index contributed by atoms with van der Waals surface area (Å²) in [6.45, 7) is 0.123. The normalized spacial score (nSPS) is 12.9. The molecule has 0 heterocycles. The summed E-state index contributed by atoms with van der Waals surface area (Å²) in [7, 11) is 1.54. The van der Waals surface area contributed by atoms with Crippen LogP contribution in [0, 0.1) is 5.92 Å². The van der Waals surface area contributed by atoms with Crippen LogP contribution in [0.5, 0.6) is 0 Å². The summed E-state index contributed by atoms with van der Waals surface area (Å²) in [6, 6.07) is 46.9. The molecule has 47 heavy (non-hydrogen) atoms. The van der Waals surface area contributed by atoms with Crippen molar-refractivity contribution in [3.8, 4) is 11.1 Å². The molecule has 6 rings (SSSR count). The summed E-state index contributed by atoms with van der Waals surface area (Å²) >= 11 is 1.55. The van der Waals surface area contributed by atoms with Crippen molar-refractivity contribution < 1.29 is 19.1 Å². The van der Waals surface area contributed by atoms with Crippen molar-refractivity contribution in [2.45, 2.75) is 23.5 Å². The monoisotopic (exact) mass is 639 g/mol. The molecule has 0 aromatic heterocycles. The topological polar surface area (TPSA) is 72.5 Å². The highest BCUT2D eigenvalue weighted by Gasteiger charge is 2.40. The fourth-order valence-corrected chi connectivity index (χ4v) is 8.16. The first-order chi connectivity index (χ1) is 23.0. The number of benzene rings is 5. The highest BCUT2D eigenvalue weighted by molar-refractivity contribution is 8.00. The summed E-state index contributed by atoms with van der Waals surface area (Å²) in [5.41, 5.74) is 7.58. The standard InChI is InChI=1S/C41H37NO4S/c1-42-39(44)26-25-38(43)37(40(45)46-27-36-34-23-13-11-21-32(34)33-22-12-14-24-35(33)36)28-47-41(29-15-5-2-6-16-29,30-17-7-3-8-18-30)31-19-9-4-10-20-31/h2-24,36-37H,25-28H2,1H3,(H,42,44)/t37-/m0/s1. The molecular weight excluding hydrogens is 603 g/mol. The van der Waals surface area contributed by atoms with Gasteiger partial charge in [-0.2, -0.15) is 0 Å². The van der Waals surface area contributed by atoms with Gasteiger partial charge in [0.2, 0.25) is 5.91 Å². The molecular formula is C41H37NO4S. The van der Waals surface area contributed by atoms with Crippen molar-refractivity contribution in [3.63, 3.8) is 0 Å². The first-order valence-corrected chi connectivity index (χ1v) is 16.9. The number of thioether (sulfide) groups is 1. The minimum absolute atomic E-state index is 0.00829. The Balaban J connectivity index is 1.33. The van der Waals surface area contributed by atoms with Gasteiger partial charge in [0, 0.05) is 31.6 Å². The lowest BCUT2D eigenvalue weighted by Gasteiger charge is -2.36. The van der Waals surface area contributed by atoms with Gasteiger partial charge in [-0.25, -0.2) is 0 Å². The predicted octanol–water partition coefficient (Wildman–Crippen LogP) is 7.78. The van der Waals surface area contributed by atoms with Gasteiger partial charge in [-0.3, -0.25) is 14.4 Å². The predicted molar refractivity (Wildman–Crippen MR) is 188 cm³/mol. The summed E-state index contributed by atoms with van der Waals surface area (Å²) < 4.78 is 5.35. The van der Waals surface area contributed by atoms with Crippen LogP contribution in [0.25, 0.3) is 11.1 Å². The maximum absolute atomic E-state index is 14.0. The summed E-state index contributed by atoms with van der Waals surface area (Å²) in [4.78, 5) is 40.0. The van der Waals surface area contributed by atoms with E-state index in [1.165, 1.54) is 0 Å². The molecule has 0 spiro atoms. The van der Waals surface area contributed by atoms with Gasteiger partial charge in [0.05, 0.1) is 4.75 Å². The highest BCUT2D eigenvalue weighted by Crippen LogP contribution is 2.49. The molecule has 0 aliphatic heterocycles. The minimum atomic E-state index is -1.06. The summed E-state index contributed by atoms with van der Waals surface area (Å²) in [6.07, 6.45) is -0.0432. The molecule has 5 nitrogen and oxygen atoms in total. The van der Waals surface area contributed by atoms with Gasteiger partial charge in [0.15, 0.2) is 0 Å². The third kappa shape index (κ3) is 6.65. The van der Waals surface area contributed by atoms with Gasteiger partial charge < -0.3 is 10.1 Å². The number of hydrogen-bond acceptors (Lipinski definition) is 5. The smallest absolute Gasteiger partial charge is 0.317 e. The van der Waals surface area contributed by atoms with E-state index in [4.69, 9.17) is 4.74 Å². The molecule has 1 aliphatic rings. The van der Waals surface area contributed by atoms with E-state index in [1.807, 2.05) is 78.9 Å². The Morgan fingerprint density at radius 3 is 1.57 bits per heavy atom. The van der Waals surface area contributed by atoms with Gasteiger partial charge in [-0.1, -0.05) is 140 Å². The first kappa shape index (κ1) is 32.0. The van der Waals surface area contributed by atoms with Gasteiger partial charge >= 0.3 is 5.97 Å². The van der Waals surface area contributed by atoms with Crippen molar-refractivity contribution in [1.82, 2.24) is 5.32 Å². The molecule has 236 valence electrons. The summed E-state index contributed by atoms with van der Waals surface area (Å²) in [5.74, 6) is -2.14. The van der Waals surface area contributed by atoms with Gasteiger partial charge in [0.1, 0.15) is 18.3 Å². The fourth-order valence-electron chi connectivity index (χ4n) is 6.51. The number of Topliss-reactive ketones (excluding diaryl/α,β-unsaturated/α-hetero) is 1. The molecule has 1 aliphatic carbocycles. The van der Waals surface area contributed by atoms with Crippen molar-refractivity contribution in [2.75, 3.05) is 19.4 Å². The quantitative estimate of drug-likeness (QED) is 0.0810. The third-order valence-electron chi connectivity index (χ3n) is 8.91. The zero-order valence-electron chi connectivity index (χ0n) is 26.3. The number of ether oxygens (including phenoxy) is 1. The van der Waals surface area contributed by atoms with E-state index in [-0.39, 0.29) is 42.8 Å². The van der Waals surface area contributed by atoms with Gasteiger partial charge in [-0.05, 0) is 38.9 Å². The van der Waals surface area contributed by atoms with Crippen molar-refractivity contribution in [1.29, 1.82) is 0 Å². The third-order valence-corrected chi connectivity index (χ3v) is 10.6. The van der Waals surface area contributed by atoms with E-state index >= 15 is 0 Å². The van der Waals surface area contributed by atoms with Crippen LogP contribution in [0.3, 0.4) is 0 Å². The SMILES string of the molecule is CNC(=O)CCC(=O)[C@H](CSC(c1ccccc1)(c1ccccc1)c1ccccc1)C(=O)OCC1c2ccccc2-c2ccccc21. The lowest BCUT2D eigenvalue weighted by molar-refractivity contribution is -0.151. The van der Waals surface area contributed by atoms with E-state index < -0.39 is 16.6 Å². The molecule has 1 N–H and O–H groups in total. The molecule has 1 atom stereocenters. The molecule has 1 amide bonds. The van der Waals surface area contributed by atoms with Crippen LogP contribution < -0.4 is 5.32 Å². The van der Waals surface area contributed by atoms with Crippen LogP contribution in [0.15, 0.2) is 140 Å². The first-order valence-electron chi connectivity index (χ1n) is 15.9. The number of rotatable bonds is 13. The van der Waals surface area contributed by atoms with Crippen LogP contribution >= 0.6 is 11.8 Å². The summed E-state index contributed by atoms with van der Waals surface area (Å²) in [5, 5.41) is 2.58. The maximum Gasteiger partial charge on any atom is 0.317 e. The molecule has 6 heteroatoms. The van der Waals surface area contributed by atoms with Crippen LogP contribution in [0.2, 0.25) is 0 Å². The Bertz CT molecular complexity index is 1700. The maximum atomic E-state index is 14.0.